The number of halogens is 1. The molecule has 7 heteroatoms. The molecule has 0 saturated heterocycles. The molecule has 0 heterocycles. The van der Waals surface area contributed by atoms with Gasteiger partial charge in [-0.25, -0.2) is 8.42 Å². The van der Waals surface area contributed by atoms with Crippen molar-refractivity contribution in [3.8, 4) is 11.5 Å². The largest absolute Gasteiger partial charge is 0.497 e. The van der Waals surface area contributed by atoms with Crippen LogP contribution < -0.4 is 14.2 Å². The van der Waals surface area contributed by atoms with Crippen LogP contribution in [0.25, 0.3) is 0 Å². The topological polar surface area (TPSA) is 64.6 Å². The Balaban J connectivity index is 2.42. The molecule has 0 saturated carbocycles. The van der Waals surface area contributed by atoms with E-state index in [-0.39, 0.29) is 10.6 Å². The second kappa shape index (κ2) is 6.24. The minimum atomic E-state index is -3.82. The number of hydrogen-bond acceptors (Lipinski definition) is 4. The summed E-state index contributed by atoms with van der Waals surface area (Å²) >= 11 is 5.96. The van der Waals surface area contributed by atoms with Gasteiger partial charge in [0.15, 0.2) is 0 Å². The average Bonchev–Trinajstić information content (AvgIpc) is 2.48. The highest BCUT2D eigenvalue weighted by atomic mass is 35.5. The number of hydrogen-bond donors (Lipinski definition) is 1. The summed E-state index contributed by atoms with van der Waals surface area (Å²) in [5.41, 5.74) is 0.303. The zero-order valence-corrected chi connectivity index (χ0v) is 13.0. The van der Waals surface area contributed by atoms with Gasteiger partial charge in [-0.05, 0) is 24.3 Å². The van der Waals surface area contributed by atoms with Crippen molar-refractivity contribution >= 4 is 27.3 Å². The third kappa shape index (κ3) is 3.40. The van der Waals surface area contributed by atoms with Crippen molar-refractivity contribution in [3.05, 3.63) is 47.5 Å². The Morgan fingerprint density at radius 3 is 2.38 bits per heavy atom. The molecule has 112 valence electrons. The van der Waals surface area contributed by atoms with E-state index in [4.69, 9.17) is 21.1 Å². The van der Waals surface area contributed by atoms with E-state index in [2.05, 4.69) is 4.72 Å². The summed E-state index contributed by atoms with van der Waals surface area (Å²) in [4.78, 5) is 0.00530. The Bertz CT molecular complexity index is 746. The molecule has 2 aromatic carbocycles. The second-order valence-electron chi connectivity index (χ2n) is 4.10. The number of nitrogens with one attached hydrogen (secondary N) is 1. The van der Waals surface area contributed by atoms with Crippen molar-refractivity contribution in [1.82, 2.24) is 0 Å². The SMILES string of the molecule is COc1ccc(S(=O)(=O)Nc2ccccc2Cl)c(OC)c1. The molecule has 0 aliphatic rings. The van der Waals surface area contributed by atoms with E-state index >= 15 is 0 Å². The van der Waals surface area contributed by atoms with Gasteiger partial charge in [-0.1, -0.05) is 23.7 Å². The van der Waals surface area contributed by atoms with Crippen molar-refractivity contribution in [2.75, 3.05) is 18.9 Å². The van der Waals surface area contributed by atoms with Gasteiger partial charge in [0.05, 0.1) is 24.9 Å². The molecule has 2 aromatic rings. The minimum Gasteiger partial charge on any atom is -0.497 e. The van der Waals surface area contributed by atoms with Crippen molar-refractivity contribution in [2.24, 2.45) is 0 Å². The summed E-state index contributed by atoms with van der Waals surface area (Å²) in [6.07, 6.45) is 0. The van der Waals surface area contributed by atoms with Gasteiger partial charge in [-0.15, -0.1) is 0 Å². The number of para-hydroxylation sites is 1. The molecule has 0 bridgehead atoms. The molecule has 0 fully saturated rings. The summed E-state index contributed by atoms with van der Waals surface area (Å²) in [6, 6.07) is 11.0. The molecule has 0 spiro atoms. The summed E-state index contributed by atoms with van der Waals surface area (Å²) in [5.74, 6) is 0.692. The molecule has 21 heavy (non-hydrogen) atoms. The highest BCUT2D eigenvalue weighted by Crippen LogP contribution is 2.31. The van der Waals surface area contributed by atoms with E-state index in [0.717, 1.165) is 0 Å². The minimum absolute atomic E-state index is 0.00530. The molecule has 1 N–H and O–H groups in total. The van der Waals surface area contributed by atoms with Gasteiger partial charge in [0.1, 0.15) is 16.4 Å². The number of anilines is 1. The Kier molecular flexibility index (Phi) is 4.59. The molecule has 0 radical (unpaired) electrons. The van der Waals surface area contributed by atoms with Gasteiger partial charge in [-0.3, -0.25) is 4.72 Å². The first-order chi connectivity index (χ1) is 9.97. The van der Waals surface area contributed by atoms with Gasteiger partial charge in [0.25, 0.3) is 10.0 Å². The monoisotopic (exact) mass is 327 g/mol. The van der Waals surface area contributed by atoms with Crippen molar-refractivity contribution in [3.63, 3.8) is 0 Å². The smallest absolute Gasteiger partial charge is 0.265 e. The van der Waals surface area contributed by atoms with Crippen LogP contribution in [-0.2, 0) is 10.0 Å². The van der Waals surface area contributed by atoms with E-state index < -0.39 is 10.0 Å². The van der Waals surface area contributed by atoms with Crippen molar-refractivity contribution in [2.45, 2.75) is 4.90 Å². The maximum atomic E-state index is 12.4. The van der Waals surface area contributed by atoms with Gasteiger partial charge in [-0.2, -0.15) is 0 Å². The van der Waals surface area contributed by atoms with Crippen LogP contribution in [0.3, 0.4) is 0 Å². The standard InChI is InChI=1S/C14H14ClNO4S/c1-19-10-7-8-14(13(9-10)20-2)21(17,18)16-12-6-4-3-5-11(12)15/h3-9,16H,1-2H3. The third-order valence-corrected chi connectivity index (χ3v) is 4.51. The maximum Gasteiger partial charge on any atom is 0.265 e. The van der Waals surface area contributed by atoms with Crippen LogP contribution in [0.2, 0.25) is 5.02 Å². The molecular formula is C14H14ClNO4S. The summed E-state index contributed by atoms with van der Waals surface area (Å²) in [7, 11) is -0.935. The average molecular weight is 328 g/mol. The van der Waals surface area contributed by atoms with Crippen LogP contribution >= 0.6 is 11.6 Å². The van der Waals surface area contributed by atoms with Crippen LogP contribution in [-0.4, -0.2) is 22.6 Å². The van der Waals surface area contributed by atoms with Crippen LogP contribution in [0.1, 0.15) is 0 Å². The first-order valence-corrected chi connectivity index (χ1v) is 7.83. The molecule has 2 rings (SSSR count). The Morgan fingerprint density at radius 1 is 1.05 bits per heavy atom. The molecule has 0 atom stereocenters. The highest BCUT2D eigenvalue weighted by Gasteiger charge is 2.21. The molecule has 0 aliphatic heterocycles. The van der Waals surface area contributed by atoms with Crippen molar-refractivity contribution < 1.29 is 17.9 Å². The van der Waals surface area contributed by atoms with Crippen LogP contribution in [0, 0.1) is 0 Å². The summed E-state index contributed by atoms with van der Waals surface area (Å²) in [5, 5.41) is 0.313. The second-order valence-corrected chi connectivity index (χ2v) is 6.16. The zero-order chi connectivity index (χ0) is 15.5. The lowest BCUT2D eigenvalue weighted by atomic mass is 10.3. The first-order valence-electron chi connectivity index (χ1n) is 5.97. The van der Waals surface area contributed by atoms with Gasteiger partial charge < -0.3 is 9.47 Å². The lowest BCUT2D eigenvalue weighted by Gasteiger charge is -2.13. The van der Waals surface area contributed by atoms with E-state index in [1.165, 1.54) is 26.4 Å². The quantitative estimate of drug-likeness (QED) is 0.916. The molecule has 5 nitrogen and oxygen atoms in total. The number of sulfonamides is 1. The molecule has 0 aromatic heterocycles. The number of benzene rings is 2. The fourth-order valence-electron chi connectivity index (χ4n) is 1.74. The summed E-state index contributed by atoms with van der Waals surface area (Å²) in [6.45, 7) is 0. The normalized spacial score (nSPS) is 11.0. The van der Waals surface area contributed by atoms with Crippen LogP contribution in [0.4, 0.5) is 5.69 Å². The number of rotatable bonds is 5. The van der Waals surface area contributed by atoms with Crippen LogP contribution in [0.15, 0.2) is 47.4 Å². The Hall–Kier alpha value is -1.92. The lowest BCUT2D eigenvalue weighted by Crippen LogP contribution is -2.14. The predicted octanol–water partition coefficient (Wildman–Crippen LogP) is 3.16. The third-order valence-electron chi connectivity index (χ3n) is 2.78. The Labute approximate surface area is 128 Å². The van der Waals surface area contributed by atoms with E-state index in [9.17, 15) is 8.42 Å². The number of ether oxygens (including phenoxy) is 2. The van der Waals surface area contributed by atoms with Crippen LogP contribution in [0.5, 0.6) is 11.5 Å². The van der Waals surface area contributed by atoms with Gasteiger partial charge in [0, 0.05) is 6.07 Å². The fourth-order valence-corrected chi connectivity index (χ4v) is 3.21. The molecule has 0 aliphatic carbocycles. The summed E-state index contributed by atoms with van der Waals surface area (Å²) < 4.78 is 37.5. The lowest BCUT2D eigenvalue weighted by molar-refractivity contribution is 0.386. The van der Waals surface area contributed by atoms with Crippen molar-refractivity contribution in [1.29, 1.82) is 0 Å². The zero-order valence-electron chi connectivity index (χ0n) is 11.5. The predicted molar refractivity (Wildman–Crippen MR) is 81.8 cm³/mol. The first kappa shape index (κ1) is 15.5. The highest BCUT2D eigenvalue weighted by molar-refractivity contribution is 7.92. The molecule has 0 unspecified atom stereocenters. The number of methoxy groups -OCH3 is 2. The van der Waals surface area contributed by atoms with E-state index in [1.54, 1.807) is 30.3 Å². The van der Waals surface area contributed by atoms with Gasteiger partial charge in [0.2, 0.25) is 0 Å². The van der Waals surface area contributed by atoms with E-state index in [0.29, 0.717) is 16.5 Å². The maximum absolute atomic E-state index is 12.4. The van der Waals surface area contributed by atoms with E-state index in [1.807, 2.05) is 0 Å². The Morgan fingerprint density at radius 2 is 1.76 bits per heavy atom. The molecule has 0 amide bonds. The fraction of sp³-hybridized carbons (Fsp3) is 0.143. The molecular weight excluding hydrogens is 314 g/mol. The van der Waals surface area contributed by atoms with Gasteiger partial charge >= 0.3 is 0 Å².